The number of halogens is 6. The minimum Gasteiger partial charge on any atom is -0.322 e. The van der Waals surface area contributed by atoms with Crippen molar-refractivity contribution < 1.29 is 39.6 Å². The minimum atomic E-state index is -5.07. The Morgan fingerprint density at radius 3 is 1.87 bits per heavy atom. The molecule has 3 rings (SSSR count). The first kappa shape index (κ1) is 21.9. The van der Waals surface area contributed by atoms with Gasteiger partial charge >= 0.3 is 12.4 Å². The van der Waals surface area contributed by atoms with Crippen LogP contribution in [0.3, 0.4) is 0 Å². The van der Waals surface area contributed by atoms with Gasteiger partial charge in [-0.15, -0.1) is 0 Å². The second-order valence-electron chi connectivity index (χ2n) is 6.54. The topological polar surface area (TPSA) is 66.5 Å². The molecule has 0 unspecified atom stereocenters. The van der Waals surface area contributed by atoms with Gasteiger partial charge < -0.3 is 5.32 Å². The van der Waals surface area contributed by atoms with Gasteiger partial charge in [0.2, 0.25) is 10.0 Å². The fraction of sp³-hybridized carbons (Fsp3) is 0.278. The molecule has 1 aliphatic rings. The van der Waals surface area contributed by atoms with E-state index in [1.54, 1.807) is 0 Å². The Labute approximate surface area is 167 Å². The number of anilines is 2. The Bertz CT molecular complexity index is 1030. The van der Waals surface area contributed by atoms with Crippen molar-refractivity contribution in [1.29, 1.82) is 0 Å². The molecule has 0 aromatic heterocycles. The number of carbonyl (C=O) groups is 1. The lowest BCUT2D eigenvalue weighted by Gasteiger charge is -2.17. The summed E-state index contributed by atoms with van der Waals surface area (Å²) in [5, 5.41) is 2.21. The van der Waals surface area contributed by atoms with E-state index < -0.39 is 45.0 Å². The smallest absolute Gasteiger partial charge is 0.322 e. The summed E-state index contributed by atoms with van der Waals surface area (Å²) in [6.45, 7) is 0.290. The van der Waals surface area contributed by atoms with E-state index in [2.05, 4.69) is 5.32 Å². The summed E-state index contributed by atoms with van der Waals surface area (Å²) in [4.78, 5) is 12.3. The second-order valence-corrected chi connectivity index (χ2v) is 8.55. The van der Waals surface area contributed by atoms with Crippen LogP contribution >= 0.6 is 0 Å². The number of amides is 1. The summed E-state index contributed by atoms with van der Waals surface area (Å²) >= 11 is 0. The van der Waals surface area contributed by atoms with Crippen LogP contribution in [0.5, 0.6) is 0 Å². The van der Waals surface area contributed by atoms with E-state index in [9.17, 15) is 39.6 Å². The van der Waals surface area contributed by atoms with Crippen LogP contribution in [0.4, 0.5) is 37.7 Å². The average molecular weight is 452 g/mol. The van der Waals surface area contributed by atoms with Gasteiger partial charge in [-0.05, 0) is 48.9 Å². The fourth-order valence-corrected chi connectivity index (χ4v) is 4.49. The van der Waals surface area contributed by atoms with Crippen LogP contribution in [0.25, 0.3) is 0 Å². The van der Waals surface area contributed by atoms with Crippen LogP contribution in [0.15, 0.2) is 42.5 Å². The molecule has 0 saturated carbocycles. The number of carbonyl (C=O) groups excluding carboxylic acids is 1. The predicted octanol–water partition coefficient (Wildman–Crippen LogP) is 4.52. The molecule has 0 aliphatic carbocycles. The van der Waals surface area contributed by atoms with E-state index >= 15 is 0 Å². The van der Waals surface area contributed by atoms with Gasteiger partial charge in [0.25, 0.3) is 5.91 Å². The van der Waals surface area contributed by atoms with E-state index in [-0.39, 0.29) is 17.5 Å². The summed E-state index contributed by atoms with van der Waals surface area (Å²) in [5.41, 5.74) is -3.60. The van der Waals surface area contributed by atoms with Crippen molar-refractivity contribution in [2.24, 2.45) is 0 Å². The Morgan fingerprint density at radius 2 is 1.43 bits per heavy atom. The average Bonchev–Trinajstić information content (AvgIpc) is 2.99. The van der Waals surface area contributed by atoms with Gasteiger partial charge in [-0.25, -0.2) is 8.42 Å². The molecular weight excluding hydrogens is 438 g/mol. The first-order valence-corrected chi connectivity index (χ1v) is 10.1. The molecule has 0 atom stereocenters. The monoisotopic (exact) mass is 452 g/mol. The van der Waals surface area contributed by atoms with Crippen LogP contribution in [0.2, 0.25) is 0 Å². The Balaban J connectivity index is 1.85. The molecule has 30 heavy (non-hydrogen) atoms. The van der Waals surface area contributed by atoms with Gasteiger partial charge in [0, 0.05) is 17.8 Å². The van der Waals surface area contributed by atoms with Gasteiger partial charge in [-0.1, -0.05) is 0 Å². The summed E-state index contributed by atoms with van der Waals surface area (Å²) < 4.78 is 103. The number of hydrogen-bond acceptors (Lipinski definition) is 3. The largest absolute Gasteiger partial charge is 0.416 e. The van der Waals surface area contributed by atoms with Gasteiger partial charge in [0.05, 0.1) is 22.6 Å². The van der Waals surface area contributed by atoms with Crippen molar-refractivity contribution in [1.82, 2.24) is 0 Å². The number of nitrogens with one attached hydrogen (secondary N) is 1. The van der Waals surface area contributed by atoms with Crippen molar-refractivity contribution in [3.8, 4) is 0 Å². The van der Waals surface area contributed by atoms with Crippen molar-refractivity contribution in [3.05, 3.63) is 59.2 Å². The predicted molar refractivity (Wildman–Crippen MR) is 96.6 cm³/mol. The second kappa shape index (κ2) is 7.49. The quantitative estimate of drug-likeness (QED) is 0.697. The molecule has 12 heteroatoms. The highest BCUT2D eigenvalue weighted by molar-refractivity contribution is 7.93. The lowest BCUT2D eigenvalue weighted by molar-refractivity contribution is -0.143. The highest BCUT2D eigenvalue weighted by Crippen LogP contribution is 2.36. The molecule has 1 heterocycles. The summed E-state index contributed by atoms with van der Waals surface area (Å²) in [6.07, 6.45) is -9.68. The van der Waals surface area contributed by atoms with Crippen LogP contribution in [-0.4, -0.2) is 26.6 Å². The molecule has 162 valence electrons. The van der Waals surface area contributed by atoms with Gasteiger partial charge in [-0.3, -0.25) is 9.10 Å². The fourth-order valence-electron chi connectivity index (χ4n) is 2.93. The van der Waals surface area contributed by atoms with E-state index in [1.807, 2.05) is 0 Å². The van der Waals surface area contributed by atoms with Gasteiger partial charge in [0.1, 0.15) is 0 Å². The molecule has 1 saturated heterocycles. The number of nitrogens with zero attached hydrogens (tertiary/aromatic N) is 1. The zero-order chi connectivity index (χ0) is 22.3. The minimum absolute atomic E-state index is 0.00255. The van der Waals surface area contributed by atoms with Gasteiger partial charge in [-0.2, -0.15) is 26.3 Å². The summed E-state index contributed by atoms with van der Waals surface area (Å²) in [7, 11) is -3.42. The van der Waals surface area contributed by atoms with Crippen LogP contribution < -0.4 is 9.62 Å². The SMILES string of the molecule is O=C(Nc1ccc(N2CCCS2(=O)=O)cc1)c1cc(C(F)(F)F)cc(C(F)(F)F)c1. The highest BCUT2D eigenvalue weighted by atomic mass is 32.2. The molecule has 1 amide bonds. The highest BCUT2D eigenvalue weighted by Gasteiger charge is 2.37. The van der Waals surface area contributed by atoms with E-state index in [4.69, 9.17) is 0 Å². The van der Waals surface area contributed by atoms with Crippen molar-refractivity contribution in [2.45, 2.75) is 18.8 Å². The first-order chi connectivity index (χ1) is 13.8. The third-order valence-corrected chi connectivity index (χ3v) is 6.23. The van der Waals surface area contributed by atoms with E-state index in [0.29, 0.717) is 30.8 Å². The molecular formula is C18H14F6N2O3S. The Hall–Kier alpha value is -2.76. The lowest BCUT2D eigenvalue weighted by Crippen LogP contribution is -2.25. The van der Waals surface area contributed by atoms with Gasteiger partial charge in [0.15, 0.2) is 0 Å². The van der Waals surface area contributed by atoms with Crippen LogP contribution in [0, 0.1) is 0 Å². The van der Waals surface area contributed by atoms with Crippen molar-refractivity contribution in [2.75, 3.05) is 21.9 Å². The van der Waals surface area contributed by atoms with Crippen LogP contribution in [0.1, 0.15) is 27.9 Å². The first-order valence-electron chi connectivity index (χ1n) is 8.49. The maximum atomic E-state index is 12.9. The zero-order valence-corrected chi connectivity index (χ0v) is 15.8. The summed E-state index contributed by atoms with van der Waals surface area (Å²) in [6, 6.07) is 5.96. The molecule has 1 aliphatic heterocycles. The number of benzene rings is 2. The molecule has 0 bridgehead atoms. The number of alkyl halides is 6. The molecule has 2 aromatic carbocycles. The Morgan fingerprint density at radius 1 is 0.900 bits per heavy atom. The van der Waals surface area contributed by atoms with E-state index in [0.717, 1.165) is 0 Å². The molecule has 1 N–H and O–H groups in total. The number of sulfonamides is 1. The molecule has 0 radical (unpaired) electrons. The number of hydrogen-bond donors (Lipinski definition) is 1. The molecule has 1 fully saturated rings. The molecule has 2 aromatic rings. The summed E-state index contributed by atoms with van der Waals surface area (Å²) in [5.74, 6) is -1.17. The van der Waals surface area contributed by atoms with E-state index in [1.165, 1.54) is 28.6 Å². The zero-order valence-electron chi connectivity index (χ0n) is 15.0. The third kappa shape index (κ3) is 4.69. The van der Waals surface area contributed by atoms with Crippen LogP contribution in [-0.2, 0) is 22.4 Å². The van der Waals surface area contributed by atoms with Crippen molar-refractivity contribution in [3.63, 3.8) is 0 Å². The lowest BCUT2D eigenvalue weighted by atomic mass is 10.0. The van der Waals surface area contributed by atoms with Crippen molar-refractivity contribution >= 4 is 27.3 Å². The standard InChI is InChI=1S/C18H14F6N2O3S/c19-17(20,21)12-8-11(9-13(10-12)18(22,23)24)16(27)25-14-2-4-15(5-3-14)26-6-1-7-30(26,28)29/h2-5,8-10H,1,6-7H2,(H,25,27). The normalized spacial score (nSPS) is 16.5. The Kier molecular flexibility index (Phi) is 5.48. The maximum Gasteiger partial charge on any atom is 0.416 e. The third-order valence-electron chi connectivity index (χ3n) is 4.36. The molecule has 5 nitrogen and oxygen atoms in total. The number of rotatable bonds is 3. The molecule has 0 spiro atoms. The maximum absolute atomic E-state index is 12.9.